The minimum absolute atomic E-state index is 0.0433. The number of rotatable bonds is 6. The average Bonchev–Trinajstić information content (AvgIpc) is 3.20. The molecule has 1 fully saturated rings. The van der Waals surface area contributed by atoms with Gasteiger partial charge in [0, 0.05) is 7.05 Å². The number of nitrogens with zero attached hydrogens (tertiary/aromatic N) is 6. The Labute approximate surface area is 176 Å². The van der Waals surface area contributed by atoms with Gasteiger partial charge in [-0.3, -0.25) is 9.69 Å². The number of fused-ring (bicyclic) bond motifs is 1. The lowest BCUT2D eigenvalue weighted by molar-refractivity contribution is -0.132. The second-order valence-electron chi connectivity index (χ2n) is 8.30. The maximum Gasteiger partial charge on any atom is 0.244 e. The van der Waals surface area contributed by atoms with E-state index in [-0.39, 0.29) is 18.5 Å². The molecule has 1 aromatic carbocycles. The van der Waals surface area contributed by atoms with Crippen LogP contribution in [-0.2, 0) is 17.9 Å². The summed E-state index contributed by atoms with van der Waals surface area (Å²) in [6.07, 6.45) is 2.38. The van der Waals surface area contributed by atoms with E-state index < -0.39 is 0 Å². The van der Waals surface area contributed by atoms with Crippen molar-refractivity contribution in [2.24, 2.45) is 5.92 Å². The normalized spacial score (nSPS) is 18.2. The van der Waals surface area contributed by atoms with E-state index in [1.165, 1.54) is 12.8 Å². The number of hydrogen-bond donors (Lipinski definition) is 0. The Morgan fingerprint density at radius 3 is 2.73 bits per heavy atom. The Kier molecular flexibility index (Phi) is 6.17. The highest BCUT2D eigenvalue weighted by molar-refractivity contribution is 5.76. The Morgan fingerprint density at radius 1 is 1.23 bits per heavy atom. The molecular weight excluding hydrogens is 384 g/mol. The monoisotopic (exact) mass is 414 g/mol. The smallest absolute Gasteiger partial charge is 0.244 e. The van der Waals surface area contributed by atoms with E-state index in [4.69, 9.17) is 9.47 Å². The summed E-state index contributed by atoms with van der Waals surface area (Å²) in [5, 5.41) is 12.0. The number of tetrazole rings is 1. The first-order valence-electron chi connectivity index (χ1n) is 10.6. The molecule has 1 unspecified atom stereocenters. The third-order valence-electron chi connectivity index (χ3n) is 6.16. The number of ether oxygens (including phenoxy) is 2. The van der Waals surface area contributed by atoms with Crippen LogP contribution in [0.25, 0.3) is 0 Å². The van der Waals surface area contributed by atoms with Crippen LogP contribution < -0.4 is 9.47 Å². The number of likely N-dealkylation sites (tertiary alicyclic amines) is 1. The lowest BCUT2D eigenvalue weighted by Gasteiger charge is -2.29. The molecule has 3 heterocycles. The molecular formula is C21H30N6O3. The van der Waals surface area contributed by atoms with Gasteiger partial charge in [0.1, 0.15) is 19.8 Å². The van der Waals surface area contributed by atoms with Crippen LogP contribution in [-0.4, -0.2) is 69.3 Å². The molecule has 0 bridgehead atoms. The molecule has 0 saturated carbocycles. The summed E-state index contributed by atoms with van der Waals surface area (Å²) in [4.78, 5) is 17.0. The van der Waals surface area contributed by atoms with Crippen molar-refractivity contribution >= 4 is 5.91 Å². The molecule has 2 aliphatic rings. The molecule has 0 spiro atoms. The minimum Gasteiger partial charge on any atom is -0.486 e. The first-order valence-corrected chi connectivity index (χ1v) is 10.6. The van der Waals surface area contributed by atoms with Crippen LogP contribution in [0.5, 0.6) is 11.5 Å². The van der Waals surface area contributed by atoms with E-state index in [1.807, 2.05) is 25.1 Å². The van der Waals surface area contributed by atoms with Crippen molar-refractivity contribution in [3.63, 3.8) is 0 Å². The number of hydrogen-bond acceptors (Lipinski definition) is 7. The summed E-state index contributed by atoms with van der Waals surface area (Å²) in [6.45, 7) is 8.28. The molecule has 1 saturated heterocycles. The number of carbonyl (C=O) groups is 1. The zero-order valence-electron chi connectivity index (χ0n) is 18.0. The van der Waals surface area contributed by atoms with Gasteiger partial charge in [0.15, 0.2) is 17.3 Å². The topological polar surface area (TPSA) is 85.6 Å². The Balaban J connectivity index is 1.38. The highest BCUT2D eigenvalue weighted by atomic mass is 16.6. The number of carbonyl (C=O) groups excluding carboxylic acids is 1. The van der Waals surface area contributed by atoms with E-state index in [0.717, 1.165) is 41.9 Å². The van der Waals surface area contributed by atoms with Crippen LogP contribution in [0.1, 0.15) is 44.1 Å². The van der Waals surface area contributed by atoms with Crippen molar-refractivity contribution in [2.45, 2.75) is 45.8 Å². The van der Waals surface area contributed by atoms with Crippen molar-refractivity contribution < 1.29 is 14.3 Å². The van der Waals surface area contributed by atoms with E-state index in [9.17, 15) is 4.79 Å². The Hall–Kier alpha value is -2.68. The number of piperidine rings is 1. The van der Waals surface area contributed by atoms with Crippen LogP contribution in [0.2, 0.25) is 0 Å². The molecule has 30 heavy (non-hydrogen) atoms. The largest absolute Gasteiger partial charge is 0.486 e. The van der Waals surface area contributed by atoms with Crippen LogP contribution in [0, 0.1) is 5.92 Å². The van der Waals surface area contributed by atoms with Gasteiger partial charge >= 0.3 is 0 Å². The standard InChI is InChI=1S/C21H30N6O3/c1-15-6-8-26(9-7-15)13-20-22-23-24-27(20)14-21(28)25(3)16(2)17-4-5-18-19(12-17)30-11-10-29-18/h4-5,12,15-16H,6-11,13-14H2,1-3H3. The Morgan fingerprint density at radius 2 is 1.97 bits per heavy atom. The highest BCUT2D eigenvalue weighted by Crippen LogP contribution is 2.33. The highest BCUT2D eigenvalue weighted by Gasteiger charge is 2.23. The van der Waals surface area contributed by atoms with Crippen molar-refractivity contribution in [2.75, 3.05) is 33.4 Å². The molecule has 2 aliphatic heterocycles. The lowest BCUT2D eigenvalue weighted by Crippen LogP contribution is -2.35. The predicted octanol–water partition coefficient (Wildman–Crippen LogP) is 1.90. The summed E-state index contributed by atoms with van der Waals surface area (Å²) in [5.41, 5.74) is 0.995. The molecule has 9 nitrogen and oxygen atoms in total. The van der Waals surface area contributed by atoms with Crippen molar-refractivity contribution in [3.8, 4) is 11.5 Å². The van der Waals surface area contributed by atoms with Gasteiger partial charge in [-0.15, -0.1) is 5.10 Å². The maximum atomic E-state index is 12.9. The zero-order chi connectivity index (χ0) is 21.1. The van der Waals surface area contributed by atoms with Gasteiger partial charge in [-0.25, -0.2) is 4.68 Å². The van der Waals surface area contributed by atoms with Crippen molar-refractivity contribution in [1.82, 2.24) is 30.0 Å². The van der Waals surface area contributed by atoms with Crippen LogP contribution in [0.15, 0.2) is 18.2 Å². The van der Waals surface area contributed by atoms with Gasteiger partial charge < -0.3 is 14.4 Å². The molecule has 2 aromatic rings. The van der Waals surface area contributed by atoms with Gasteiger partial charge in [-0.1, -0.05) is 13.0 Å². The van der Waals surface area contributed by atoms with Crippen molar-refractivity contribution in [1.29, 1.82) is 0 Å². The third-order valence-corrected chi connectivity index (χ3v) is 6.16. The second kappa shape index (κ2) is 8.99. The molecule has 4 rings (SSSR count). The SMILES string of the molecule is CC1CCN(Cc2nnnn2CC(=O)N(C)C(C)c2ccc3c(c2)OCCO3)CC1. The summed E-state index contributed by atoms with van der Waals surface area (Å²) in [5.74, 6) is 2.94. The minimum atomic E-state index is -0.114. The molecule has 1 atom stereocenters. The van der Waals surface area contributed by atoms with Gasteiger partial charge in [0.05, 0.1) is 12.6 Å². The predicted molar refractivity (Wildman–Crippen MR) is 110 cm³/mol. The summed E-state index contributed by atoms with van der Waals surface area (Å²) in [7, 11) is 1.81. The van der Waals surface area contributed by atoms with Gasteiger partial charge in [-0.2, -0.15) is 0 Å². The number of likely N-dealkylation sites (N-methyl/N-ethyl adjacent to an activating group) is 1. The fourth-order valence-corrected chi connectivity index (χ4v) is 3.88. The van der Waals surface area contributed by atoms with Gasteiger partial charge in [0.25, 0.3) is 0 Å². The van der Waals surface area contributed by atoms with Gasteiger partial charge in [0.2, 0.25) is 5.91 Å². The molecule has 1 amide bonds. The van der Waals surface area contributed by atoms with Crippen molar-refractivity contribution in [3.05, 3.63) is 29.6 Å². The van der Waals surface area contributed by atoms with Gasteiger partial charge in [-0.05, 0) is 66.9 Å². The summed E-state index contributed by atoms with van der Waals surface area (Å²) >= 11 is 0. The maximum absolute atomic E-state index is 12.9. The quantitative estimate of drug-likeness (QED) is 0.714. The van der Waals surface area contributed by atoms with E-state index in [2.05, 4.69) is 27.3 Å². The molecule has 0 N–H and O–H groups in total. The fourth-order valence-electron chi connectivity index (χ4n) is 3.88. The number of benzene rings is 1. The number of amides is 1. The molecule has 162 valence electrons. The first kappa shape index (κ1) is 20.6. The first-order chi connectivity index (χ1) is 14.5. The molecule has 0 radical (unpaired) electrons. The fraction of sp³-hybridized carbons (Fsp3) is 0.619. The van der Waals surface area contributed by atoms with Crippen LogP contribution >= 0.6 is 0 Å². The van der Waals surface area contributed by atoms with E-state index in [0.29, 0.717) is 19.8 Å². The molecule has 9 heteroatoms. The van der Waals surface area contributed by atoms with Crippen LogP contribution in [0.3, 0.4) is 0 Å². The number of aromatic nitrogens is 4. The average molecular weight is 415 g/mol. The molecule has 0 aliphatic carbocycles. The van der Waals surface area contributed by atoms with E-state index in [1.54, 1.807) is 16.6 Å². The van der Waals surface area contributed by atoms with Crippen LogP contribution in [0.4, 0.5) is 0 Å². The summed E-state index contributed by atoms with van der Waals surface area (Å²) in [6, 6.07) is 5.71. The molecule has 1 aromatic heterocycles. The second-order valence-corrected chi connectivity index (χ2v) is 8.30. The lowest BCUT2D eigenvalue weighted by atomic mass is 9.99. The Bertz CT molecular complexity index is 877. The van der Waals surface area contributed by atoms with E-state index >= 15 is 0 Å². The third kappa shape index (κ3) is 4.56. The summed E-state index contributed by atoms with van der Waals surface area (Å²) < 4.78 is 12.9. The zero-order valence-corrected chi connectivity index (χ0v) is 18.0.